The number of ether oxygens (including phenoxy) is 1. The summed E-state index contributed by atoms with van der Waals surface area (Å²) in [5, 5.41) is 2.90. The van der Waals surface area contributed by atoms with Crippen LogP contribution in [0.3, 0.4) is 0 Å². The number of aryl methyl sites for hydroxylation is 1. The molecule has 0 saturated carbocycles. The highest BCUT2D eigenvalue weighted by atomic mass is 16.6. The molecule has 22 heavy (non-hydrogen) atoms. The van der Waals surface area contributed by atoms with Gasteiger partial charge in [-0.05, 0) is 52.4 Å². The van der Waals surface area contributed by atoms with Gasteiger partial charge < -0.3 is 14.5 Å². The molecule has 1 aliphatic rings. The molecule has 0 aliphatic carbocycles. The van der Waals surface area contributed by atoms with E-state index in [4.69, 9.17) is 4.74 Å². The molecular weight excluding hydrogens is 278 g/mol. The first-order valence-electron chi connectivity index (χ1n) is 7.79. The van der Waals surface area contributed by atoms with Crippen molar-refractivity contribution < 1.29 is 9.53 Å². The monoisotopic (exact) mass is 305 g/mol. The second-order valence-corrected chi connectivity index (χ2v) is 6.94. The molecule has 1 aromatic rings. The molecular formula is C17H27N3O2. The van der Waals surface area contributed by atoms with Crippen molar-refractivity contribution in [3.8, 4) is 0 Å². The molecule has 0 atom stereocenters. The molecule has 1 aliphatic heterocycles. The summed E-state index contributed by atoms with van der Waals surface area (Å²) in [6.07, 6.45) is -0.409. The maximum atomic E-state index is 12.1. The van der Waals surface area contributed by atoms with E-state index >= 15 is 0 Å². The highest BCUT2D eigenvalue weighted by molar-refractivity contribution is 5.90. The van der Waals surface area contributed by atoms with E-state index in [1.165, 1.54) is 0 Å². The van der Waals surface area contributed by atoms with Crippen molar-refractivity contribution in [1.29, 1.82) is 0 Å². The largest absolute Gasteiger partial charge is 0.444 e. The van der Waals surface area contributed by atoms with E-state index in [-0.39, 0.29) is 0 Å². The molecule has 0 radical (unpaired) electrons. The predicted molar refractivity (Wildman–Crippen MR) is 90.7 cm³/mol. The Morgan fingerprint density at radius 1 is 1.18 bits per heavy atom. The van der Waals surface area contributed by atoms with Crippen molar-refractivity contribution in [1.82, 2.24) is 4.90 Å². The summed E-state index contributed by atoms with van der Waals surface area (Å²) in [4.78, 5) is 16.7. The smallest absolute Gasteiger partial charge is 0.412 e. The highest BCUT2D eigenvalue weighted by Gasteiger charge is 2.20. The third-order valence-electron chi connectivity index (χ3n) is 3.63. The summed E-state index contributed by atoms with van der Waals surface area (Å²) < 4.78 is 5.36. The van der Waals surface area contributed by atoms with Crippen LogP contribution in [0.4, 0.5) is 16.2 Å². The Labute approximate surface area is 133 Å². The summed E-state index contributed by atoms with van der Waals surface area (Å²) in [5.41, 5.74) is 2.49. The first kappa shape index (κ1) is 16.6. The Kier molecular flexibility index (Phi) is 4.96. The van der Waals surface area contributed by atoms with Gasteiger partial charge >= 0.3 is 6.09 Å². The van der Waals surface area contributed by atoms with Gasteiger partial charge in [-0.2, -0.15) is 0 Å². The first-order valence-corrected chi connectivity index (χ1v) is 7.79. The normalized spacial score (nSPS) is 16.5. The number of piperazine rings is 1. The van der Waals surface area contributed by atoms with Crippen LogP contribution in [-0.2, 0) is 4.74 Å². The number of benzene rings is 1. The van der Waals surface area contributed by atoms with Gasteiger partial charge in [0.2, 0.25) is 0 Å². The van der Waals surface area contributed by atoms with Crippen molar-refractivity contribution in [3.63, 3.8) is 0 Å². The van der Waals surface area contributed by atoms with E-state index < -0.39 is 11.7 Å². The van der Waals surface area contributed by atoms with Crippen LogP contribution < -0.4 is 10.2 Å². The fraction of sp³-hybridized carbons (Fsp3) is 0.588. The van der Waals surface area contributed by atoms with Crippen molar-refractivity contribution in [3.05, 3.63) is 23.8 Å². The minimum absolute atomic E-state index is 0.409. The lowest BCUT2D eigenvalue weighted by Gasteiger charge is -2.35. The molecule has 0 aromatic heterocycles. The number of nitrogens with zero attached hydrogens (tertiary/aromatic N) is 2. The summed E-state index contributed by atoms with van der Waals surface area (Å²) in [6, 6.07) is 6.15. The fourth-order valence-corrected chi connectivity index (χ4v) is 2.49. The lowest BCUT2D eigenvalue weighted by atomic mass is 10.1. The molecule has 1 fully saturated rings. The van der Waals surface area contributed by atoms with E-state index in [0.717, 1.165) is 43.1 Å². The fourth-order valence-electron chi connectivity index (χ4n) is 2.49. The summed E-state index contributed by atoms with van der Waals surface area (Å²) in [7, 11) is 2.13. The average molecular weight is 305 g/mol. The minimum atomic E-state index is -0.498. The predicted octanol–water partition coefficient (Wildman–Crippen LogP) is 3.09. The lowest BCUT2D eigenvalue weighted by molar-refractivity contribution is 0.0636. The van der Waals surface area contributed by atoms with E-state index in [9.17, 15) is 4.79 Å². The third kappa shape index (κ3) is 4.63. The number of amides is 1. The molecule has 2 rings (SSSR count). The molecule has 1 heterocycles. The van der Waals surface area contributed by atoms with E-state index in [1.54, 1.807) is 0 Å². The first-order chi connectivity index (χ1) is 10.2. The van der Waals surface area contributed by atoms with Crippen LogP contribution in [0.1, 0.15) is 26.3 Å². The molecule has 122 valence electrons. The van der Waals surface area contributed by atoms with Crippen molar-refractivity contribution >= 4 is 17.5 Å². The number of hydrogen-bond acceptors (Lipinski definition) is 4. The van der Waals surface area contributed by atoms with Gasteiger partial charge in [0.1, 0.15) is 5.60 Å². The number of likely N-dealkylation sites (N-methyl/N-ethyl adjacent to an activating group) is 1. The zero-order valence-electron chi connectivity index (χ0n) is 14.3. The van der Waals surface area contributed by atoms with Crippen LogP contribution in [0.15, 0.2) is 18.2 Å². The van der Waals surface area contributed by atoms with Gasteiger partial charge in [0.25, 0.3) is 0 Å². The SMILES string of the molecule is Cc1ccc(N2CCN(C)CC2)c(NC(=O)OC(C)(C)C)c1. The number of nitrogens with one attached hydrogen (secondary N) is 1. The van der Waals surface area contributed by atoms with Crippen molar-refractivity contribution in [2.75, 3.05) is 43.4 Å². The van der Waals surface area contributed by atoms with Crippen LogP contribution in [-0.4, -0.2) is 49.8 Å². The Morgan fingerprint density at radius 2 is 1.82 bits per heavy atom. The summed E-state index contributed by atoms with van der Waals surface area (Å²) in [6.45, 7) is 11.6. The van der Waals surface area contributed by atoms with E-state index in [1.807, 2.05) is 33.8 Å². The van der Waals surface area contributed by atoms with E-state index in [2.05, 4.69) is 34.3 Å². The number of rotatable bonds is 2. The van der Waals surface area contributed by atoms with E-state index in [0.29, 0.717) is 0 Å². The Balaban J connectivity index is 2.16. The molecule has 1 amide bonds. The average Bonchev–Trinajstić information content (AvgIpc) is 2.38. The minimum Gasteiger partial charge on any atom is -0.444 e. The number of carbonyl (C=O) groups is 1. The van der Waals surface area contributed by atoms with Crippen LogP contribution in [0, 0.1) is 6.92 Å². The Morgan fingerprint density at radius 3 is 2.41 bits per heavy atom. The molecule has 5 heteroatoms. The summed E-state index contributed by atoms with van der Waals surface area (Å²) in [5.74, 6) is 0. The molecule has 1 aromatic carbocycles. The summed E-state index contributed by atoms with van der Waals surface area (Å²) >= 11 is 0. The van der Waals surface area contributed by atoms with Crippen molar-refractivity contribution in [2.24, 2.45) is 0 Å². The highest BCUT2D eigenvalue weighted by Crippen LogP contribution is 2.28. The maximum Gasteiger partial charge on any atom is 0.412 e. The molecule has 5 nitrogen and oxygen atoms in total. The zero-order valence-corrected chi connectivity index (χ0v) is 14.3. The van der Waals surface area contributed by atoms with Crippen LogP contribution >= 0.6 is 0 Å². The van der Waals surface area contributed by atoms with Crippen molar-refractivity contribution in [2.45, 2.75) is 33.3 Å². The van der Waals surface area contributed by atoms with Gasteiger partial charge in [-0.1, -0.05) is 6.07 Å². The topological polar surface area (TPSA) is 44.8 Å². The lowest BCUT2D eigenvalue weighted by Crippen LogP contribution is -2.44. The van der Waals surface area contributed by atoms with Gasteiger partial charge in [0.15, 0.2) is 0 Å². The van der Waals surface area contributed by atoms with Crippen LogP contribution in [0.2, 0.25) is 0 Å². The quantitative estimate of drug-likeness (QED) is 0.912. The second-order valence-electron chi connectivity index (χ2n) is 6.94. The number of anilines is 2. The van der Waals surface area contributed by atoms with Crippen LogP contribution in [0.5, 0.6) is 0 Å². The Hall–Kier alpha value is -1.75. The zero-order chi connectivity index (χ0) is 16.3. The van der Waals surface area contributed by atoms with Gasteiger partial charge in [0, 0.05) is 26.2 Å². The van der Waals surface area contributed by atoms with Gasteiger partial charge in [-0.3, -0.25) is 5.32 Å². The van der Waals surface area contributed by atoms with Gasteiger partial charge in [-0.15, -0.1) is 0 Å². The van der Waals surface area contributed by atoms with Crippen LogP contribution in [0.25, 0.3) is 0 Å². The molecule has 1 saturated heterocycles. The van der Waals surface area contributed by atoms with Gasteiger partial charge in [0.05, 0.1) is 11.4 Å². The maximum absolute atomic E-state index is 12.1. The standard InChI is InChI=1S/C17H27N3O2/c1-13-6-7-15(20-10-8-19(5)9-11-20)14(12-13)18-16(21)22-17(2,3)4/h6-7,12H,8-11H2,1-5H3,(H,18,21). The third-order valence-corrected chi connectivity index (χ3v) is 3.63. The van der Waals surface area contributed by atoms with Gasteiger partial charge in [-0.25, -0.2) is 4.79 Å². The Bertz CT molecular complexity index is 529. The molecule has 0 spiro atoms. The number of hydrogen-bond donors (Lipinski definition) is 1. The number of carbonyl (C=O) groups excluding carboxylic acids is 1. The second kappa shape index (κ2) is 6.57. The molecule has 1 N–H and O–H groups in total. The molecule has 0 bridgehead atoms. The molecule has 0 unspecified atom stereocenters.